The number of nitrogens with one attached hydrogen (secondary N) is 1. The first kappa shape index (κ1) is 11.2. The molecular weight excluding hydrogens is 210 g/mol. The highest BCUT2D eigenvalue weighted by Gasteiger charge is 2.29. The van der Waals surface area contributed by atoms with Crippen LogP contribution in [0.2, 0.25) is 0 Å². The summed E-state index contributed by atoms with van der Waals surface area (Å²) >= 11 is 0. The standard InChI is InChI=1S/C11H15NO4/c1-11(3-5-15-7-11)12-6-9-8(10(13)14)2-4-16-9/h2,4,12H,3,5-7H2,1H3,(H,13,14). The SMILES string of the molecule is CC1(NCc2occc2C(=O)O)CCOC1. The van der Waals surface area contributed by atoms with Gasteiger partial charge in [0.05, 0.1) is 19.4 Å². The average molecular weight is 225 g/mol. The Morgan fingerprint density at radius 1 is 1.69 bits per heavy atom. The zero-order chi connectivity index (χ0) is 11.6. The summed E-state index contributed by atoms with van der Waals surface area (Å²) in [6.45, 7) is 3.86. The molecule has 88 valence electrons. The van der Waals surface area contributed by atoms with E-state index in [0.29, 0.717) is 18.9 Å². The Morgan fingerprint density at radius 3 is 3.12 bits per heavy atom. The van der Waals surface area contributed by atoms with E-state index in [9.17, 15) is 4.79 Å². The molecule has 1 saturated heterocycles. The number of aromatic carboxylic acids is 1. The Kier molecular flexibility index (Phi) is 2.98. The van der Waals surface area contributed by atoms with Gasteiger partial charge >= 0.3 is 5.97 Å². The molecule has 0 radical (unpaired) electrons. The lowest BCUT2D eigenvalue weighted by Crippen LogP contribution is -2.42. The maximum absolute atomic E-state index is 10.8. The smallest absolute Gasteiger partial charge is 0.339 e. The van der Waals surface area contributed by atoms with Gasteiger partial charge in [-0.3, -0.25) is 0 Å². The second-order valence-corrected chi connectivity index (χ2v) is 4.28. The zero-order valence-corrected chi connectivity index (χ0v) is 9.16. The van der Waals surface area contributed by atoms with Crippen molar-refractivity contribution in [3.05, 3.63) is 23.7 Å². The van der Waals surface area contributed by atoms with E-state index >= 15 is 0 Å². The maximum Gasteiger partial charge on any atom is 0.339 e. The number of hydrogen-bond acceptors (Lipinski definition) is 4. The molecule has 1 aliphatic heterocycles. The van der Waals surface area contributed by atoms with Crippen LogP contribution in [0.5, 0.6) is 0 Å². The summed E-state index contributed by atoms with van der Waals surface area (Å²) in [5.74, 6) is -0.501. The maximum atomic E-state index is 10.8. The molecule has 2 N–H and O–H groups in total. The minimum Gasteiger partial charge on any atom is -0.478 e. The fraction of sp³-hybridized carbons (Fsp3) is 0.545. The molecule has 0 spiro atoms. The minimum absolute atomic E-state index is 0.0808. The first-order valence-electron chi connectivity index (χ1n) is 5.23. The molecule has 0 aliphatic carbocycles. The van der Waals surface area contributed by atoms with Gasteiger partial charge in [0.15, 0.2) is 0 Å². The molecule has 1 fully saturated rings. The van der Waals surface area contributed by atoms with Gasteiger partial charge in [0, 0.05) is 12.1 Å². The lowest BCUT2D eigenvalue weighted by molar-refractivity contribution is 0.0694. The van der Waals surface area contributed by atoms with E-state index in [-0.39, 0.29) is 11.1 Å². The summed E-state index contributed by atoms with van der Waals surface area (Å²) in [5.41, 5.74) is 0.137. The Hall–Kier alpha value is -1.33. The second-order valence-electron chi connectivity index (χ2n) is 4.28. The van der Waals surface area contributed by atoms with Crippen LogP contribution in [0.15, 0.2) is 16.7 Å². The van der Waals surface area contributed by atoms with Gasteiger partial charge in [-0.25, -0.2) is 4.79 Å². The third-order valence-electron chi connectivity index (χ3n) is 2.87. The van der Waals surface area contributed by atoms with Crippen molar-refractivity contribution in [3.8, 4) is 0 Å². The fourth-order valence-electron chi connectivity index (χ4n) is 1.77. The van der Waals surface area contributed by atoms with Crippen molar-refractivity contribution in [2.24, 2.45) is 0 Å². The van der Waals surface area contributed by atoms with E-state index in [2.05, 4.69) is 12.2 Å². The lowest BCUT2D eigenvalue weighted by Gasteiger charge is -2.22. The quantitative estimate of drug-likeness (QED) is 0.806. The van der Waals surface area contributed by atoms with Crippen molar-refractivity contribution in [1.82, 2.24) is 5.32 Å². The number of furan rings is 1. The van der Waals surface area contributed by atoms with E-state index in [1.54, 1.807) is 0 Å². The van der Waals surface area contributed by atoms with Crippen LogP contribution in [0.25, 0.3) is 0 Å². The number of rotatable bonds is 4. The molecule has 2 heterocycles. The number of hydrogen-bond donors (Lipinski definition) is 2. The summed E-state index contributed by atoms with van der Waals surface area (Å²) in [5, 5.41) is 12.2. The van der Waals surface area contributed by atoms with E-state index in [4.69, 9.17) is 14.3 Å². The molecule has 16 heavy (non-hydrogen) atoms. The number of carboxylic acid groups (broad SMARTS) is 1. The number of carboxylic acids is 1. The van der Waals surface area contributed by atoms with Crippen molar-refractivity contribution in [1.29, 1.82) is 0 Å². The van der Waals surface area contributed by atoms with Crippen LogP contribution in [-0.4, -0.2) is 29.8 Å². The highest BCUT2D eigenvalue weighted by Crippen LogP contribution is 2.19. The molecule has 1 aromatic rings. The average Bonchev–Trinajstić information content (AvgIpc) is 2.83. The van der Waals surface area contributed by atoms with Crippen LogP contribution in [0.3, 0.4) is 0 Å². The molecule has 1 atom stereocenters. The molecule has 1 unspecified atom stereocenters. The van der Waals surface area contributed by atoms with Gasteiger partial charge in [-0.1, -0.05) is 0 Å². The van der Waals surface area contributed by atoms with Gasteiger partial charge in [-0.15, -0.1) is 0 Å². The van der Waals surface area contributed by atoms with E-state index in [0.717, 1.165) is 13.0 Å². The highest BCUT2D eigenvalue weighted by atomic mass is 16.5. The van der Waals surface area contributed by atoms with Crippen LogP contribution < -0.4 is 5.32 Å². The second kappa shape index (κ2) is 4.27. The van der Waals surface area contributed by atoms with Crippen LogP contribution in [0.1, 0.15) is 29.5 Å². The van der Waals surface area contributed by atoms with E-state index < -0.39 is 5.97 Å². The van der Waals surface area contributed by atoms with Crippen LogP contribution in [-0.2, 0) is 11.3 Å². The summed E-state index contributed by atoms with van der Waals surface area (Å²) in [6.07, 6.45) is 2.32. The molecule has 1 aliphatic rings. The van der Waals surface area contributed by atoms with Crippen molar-refractivity contribution < 1.29 is 19.1 Å². The molecule has 0 bridgehead atoms. The van der Waals surface area contributed by atoms with Gasteiger partial charge in [-0.2, -0.15) is 0 Å². The van der Waals surface area contributed by atoms with Gasteiger partial charge in [0.2, 0.25) is 0 Å². The third kappa shape index (κ3) is 2.25. The largest absolute Gasteiger partial charge is 0.478 e. The molecule has 0 amide bonds. The van der Waals surface area contributed by atoms with Gasteiger partial charge < -0.3 is 19.6 Å². The van der Waals surface area contributed by atoms with Crippen molar-refractivity contribution in [2.45, 2.75) is 25.4 Å². The van der Waals surface area contributed by atoms with Crippen LogP contribution in [0, 0.1) is 0 Å². The molecule has 5 heteroatoms. The summed E-state index contributed by atoms with van der Waals surface area (Å²) < 4.78 is 10.4. The molecular formula is C11H15NO4. The first-order chi connectivity index (χ1) is 7.61. The molecule has 0 saturated carbocycles. The van der Waals surface area contributed by atoms with Crippen molar-refractivity contribution in [2.75, 3.05) is 13.2 Å². The summed E-state index contributed by atoms with van der Waals surface area (Å²) in [7, 11) is 0. The van der Waals surface area contributed by atoms with Gasteiger partial charge in [-0.05, 0) is 19.4 Å². The third-order valence-corrected chi connectivity index (χ3v) is 2.87. The Labute approximate surface area is 93.4 Å². The number of carbonyl (C=O) groups is 1. The topological polar surface area (TPSA) is 71.7 Å². The van der Waals surface area contributed by atoms with E-state index in [1.165, 1.54) is 12.3 Å². The Balaban J connectivity index is 1.99. The van der Waals surface area contributed by atoms with Gasteiger partial charge in [0.1, 0.15) is 11.3 Å². The van der Waals surface area contributed by atoms with E-state index in [1.807, 2.05) is 0 Å². The highest BCUT2D eigenvalue weighted by molar-refractivity contribution is 5.88. The Morgan fingerprint density at radius 2 is 2.50 bits per heavy atom. The van der Waals surface area contributed by atoms with Crippen molar-refractivity contribution in [3.63, 3.8) is 0 Å². The molecule has 1 aromatic heterocycles. The minimum atomic E-state index is -0.960. The number of ether oxygens (including phenoxy) is 1. The lowest BCUT2D eigenvalue weighted by atomic mass is 10.0. The molecule has 0 aromatic carbocycles. The van der Waals surface area contributed by atoms with Gasteiger partial charge in [0.25, 0.3) is 0 Å². The Bertz CT molecular complexity index is 379. The summed E-state index contributed by atoms with van der Waals surface area (Å²) in [6, 6.07) is 1.47. The monoisotopic (exact) mass is 225 g/mol. The normalized spacial score (nSPS) is 24.8. The predicted molar refractivity (Wildman–Crippen MR) is 56.3 cm³/mol. The van der Waals surface area contributed by atoms with Crippen molar-refractivity contribution >= 4 is 5.97 Å². The van der Waals surface area contributed by atoms with Crippen LogP contribution >= 0.6 is 0 Å². The molecule has 2 rings (SSSR count). The fourth-order valence-corrected chi connectivity index (χ4v) is 1.77. The molecule has 5 nitrogen and oxygen atoms in total. The van der Waals surface area contributed by atoms with Crippen LogP contribution in [0.4, 0.5) is 0 Å². The predicted octanol–water partition coefficient (Wildman–Crippen LogP) is 1.25. The first-order valence-corrected chi connectivity index (χ1v) is 5.23. The summed E-state index contributed by atoms with van der Waals surface area (Å²) in [4.78, 5) is 10.8. The zero-order valence-electron chi connectivity index (χ0n) is 9.16.